The van der Waals surface area contributed by atoms with Crippen molar-refractivity contribution in [1.82, 2.24) is 0 Å². The van der Waals surface area contributed by atoms with Crippen molar-refractivity contribution in [1.29, 1.82) is 0 Å². The van der Waals surface area contributed by atoms with E-state index in [9.17, 15) is 4.79 Å². The number of benzene rings is 1. The summed E-state index contributed by atoms with van der Waals surface area (Å²) in [6.07, 6.45) is 1.02. The molecule has 1 aromatic heterocycles. The Balaban J connectivity index is 2.12. The lowest BCUT2D eigenvalue weighted by Crippen LogP contribution is -2.07. The fraction of sp³-hybridized carbons (Fsp3) is 0.267. The number of nitrogen functional groups attached to an aromatic ring is 1. The molecule has 5 heteroatoms. The minimum Gasteiger partial charge on any atom is -0.465 e. The Morgan fingerprint density at radius 1 is 1.40 bits per heavy atom. The molecule has 3 N–H and O–H groups in total. The molecule has 4 nitrogen and oxygen atoms in total. The van der Waals surface area contributed by atoms with E-state index >= 15 is 0 Å². The monoisotopic (exact) mass is 290 g/mol. The van der Waals surface area contributed by atoms with Crippen LogP contribution in [-0.4, -0.2) is 13.1 Å². The average molecular weight is 290 g/mol. The minimum atomic E-state index is -0.420. The fourth-order valence-corrected chi connectivity index (χ4v) is 2.89. The van der Waals surface area contributed by atoms with Crippen molar-refractivity contribution in [2.24, 2.45) is 0 Å². The number of anilines is 2. The average Bonchev–Trinajstić information content (AvgIpc) is 2.93. The first kappa shape index (κ1) is 14.4. The molecule has 2 aromatic rings. The van der Waals surface area contributed by atoms with Crippen LogP contribution in [0.25, 0.3) is 0 Å². The Hall–Kier alpha value is -2.01. The molecule has 0 aliphatic carbocycles. The van der Waals surface area contributed by atoms with Gasteiger partial charge in [0.05, 0.1) is 12.7 Å². The molecule has 0 aliphatic heterocycles. The van der Waals surface area contributed by atoms with Crippen molar-refractivity contribution in [3.63, 3.8) is 0 Å². The Bertz CT molecular complexity index is 608. The lowest BCUT2D eigenvalue weighted by molar-refractivity contribution is 0.0602. The maximum atomic E-state index is 11.6. The molecule has 20 heavy (non-hydrogen) atoms. The van der Waals surface area contributed by atoms with Crippen LogP contribution in [0, 0.1) is 0 Å². The van der Waals surface area contributed by atoms with Gasteiger partial charge in [-0.3, -0.25) is 0 Å². The third kappa shape index (κ3) is 3.11. The van der Waals surface area contributed by atoms with Crippen LogP contribution in [0.4, 0.5) is 11.4 Å². The highest BCUT2D eigenvalue weighted by Gasteiger charge is 2.11. The second kappa shape index (κ2) is 6.43. The van der Waals surface area contributed by atoms with Gasteiger partial charge in [0.2, 0.25) is 0 Å². The number of hydrogen-bond acceptors (Lipinski definition) is 5. The molecule has 0 amide bonds. The van der Waals surface area contributed by atoms with Crippen LogP contribution in [0.5, 0.6) is 0 Å². The number of carbonyl (C=O) groups excluding carboxylic acids is 1. The van der Waals surface area contributed by atoms with Gasteiger partial charge in [-0.1, -0.05) is 6.92 Å². The van der Waals surface area contributed by atoms with Crippen LogP contribution in [0.1, 0.15) is 27.7 Å². The van der Waals surface area contributed by atoms with E-state index in [1.807, 2.05) is 6.07 Å². The van der Waals surface area contributed by atoms with Crippen LogP contribution in [0.2, 0.25) is 0 Å². The molecule has 1 aromatic carbocycles. The minimum absolute atomic E-state index is 0.388. The molecule has 0 saturated carbocycles. The first-order chi connectivity index (χ1) is 9.65. The van der Waals surface area contributed by atoms with E-state index in [1.54, 1.807) is 23.5 Å². The van der Waals surface area contributed by atoms with Gasteiger partial charge in [-0.25, -0.2) is 4.79 Å². The van der Waals surface area contributed by atoms with Crippen molar-refractivity contribution in [3.05, 3.63) is 45.6 Å². The van der Waals surface area contributed by atoms with Crippen molar-refractivity contribution in [3.8, 4) is 0 Å². The van der Waals surface area contributed by atoms with Gasteiger partial charge in [0.25, 0.3) is 0 Å². The second-order valence-electron chi connectivity index (χ2n) is 4.37. The second-order valence-corrected chi connectivity index (χ2v) is 5.37. The Labute approximate surface area is 122 Å². The lowest BCUT2D eigenvalue weighted by Gasteiger charge is -2.10. The summed E-state index contributed by atoms with van der Waals surface area (Å²) in [6, 6.07) is 7.44. The predicted octanol–water partition coefficient (Wildman–Crippen LogP) is 3.29. The smallest absolute Gasteiger partial charge is 0.340 e. The normalized spacial score (nSPS) is 10.3. The van der Waals surface area contributed by atoms with Gasteiger partial charge in [-0.2, -0.15) is 0 Å². The van der Waals surface area contributed by atoms with E-state index in [-0.39, 0.29) is 0 Å². The van der Waals surface area contributed by atoms with Gasteiger partial charge < -0.3 is 15.8 Å². The van der Waals surface area contributed by atoms with E-state index in [0.29, 0.717) is 11.3 Å². The number of carbonyl (C=O) groups is 1. The highest BCUT2D eigenvalue weighted by molar-refractivity contribution is 7.10. The van der Waals surface area contributed by atoms with Gasteiger partial charge in [-0.15, -0.1) is 11.3 Å². The van der Waals surface area contributed by atoms with Gasteiger partial charge >= 0.3 is 5.97 Å². The van der Waals surface area contributed by atoms with Crippen LogP contribution in [0.3, 0.4) is 0 Å². The van der Waals surface area contributed by atoms with Crippen LogP contribution in [-0.2, 0) is 17.7 Å². The van der Waals surface area contributed by atoms with Crippen LogP contribution in [0.15, 0.2) is 29.6 Å². The largest absolute Gasteiger partial charge is 0.465 e. The summed E-state index contributed by atoms with van der Waals surface area (Å²) in [5.41, 5.74) is 8.80. The summed E-state index contributed by atoms with van der Waals surface area (Å²) in [5.74, 6) is -0.420. The van der Waals surface area contributed by atoms with Crippen molar-refractivity contribution in [2.45, 2.75) is 19.9 Å². The van der Waals surface area contributed by atoms with E-state index < -0.39 is 5.97 Å². The molecule has 106 valence electrons. The number of thiophene rings is 1. The highest BCUT2D eigenvalue weighted by atomic mass is 32.1. The summed E-state index contributed by atoms with van der Waals surface area (Å²) in [7, 11) is 1.35. The number of nitrogens with one attached hydrogen (secondary N) is 1. The number of methoxy groups -OCH3 is 1. The first-order valence-electron chi connectivity index (χ1n) is 6.42. The number of hydrogen-bond donors (Lipinski definition) is 2. The molecule has 0 saturated heterocycles. The van der Waals surface area contributed by atoms with Gasteiger partial charge in [-0.05, 0) is 41.6 Å². The summed E-state index contributed by atoms with van der Waals surface area (Å²) >= 11 is 1.73. The fourth-order valence-electron chi connectivity index (χ4n) is 1.97. The zero-order chi connectivity index (χ0) is 14.5. The van der Waals surface area contributed by atoms with E-state index in [4.69, 9.17) is 10.5 Å². The topological polar surface area (TPSA) is 64.3 Å². The number of ether oxygens (including phenoxy) is 1. The first-order valence-corrected chi connectivity index (χ1v) is 7.30. The molecule has 0 bridgehead atoms. The SMILES string of the molecule is CCc1ccsc1CNc1ccc(N)c(C(=O)OC)c1. The van der Waals surface area contributed by atoms with E-state index in [1.165, 1.54) is 17.6 Å². The van der Waals surface area contributed by atoms with Crippen LogP contribution >= 0.6 is 11.3 Å². The summed E-state index contributed by atoms with van der Waals surface area (Å²) in [4.78, 5) is 12.9. The summed E-state index contributed by atoms with van der Waals surface area (Å²) < 4.78 is 4.71. The number of aryl methyl sites for hydroxylation is 1. The highest BCUT2D eigenvalue weighted by Crippen LogP contribution is 2.22. The molecule has 0 aliphatic rings. The molecule has 0 spiro atoms. The molecule has 1 heterocycles. The molecule has 0 unspecified atom stereocenters. The van der Waals surface area contributed by atoms with E-state index in [0.717, 1.165) is 18.7 Å². The van der Waals surface area contributed by atoms with Crippen molar-refractivity contribution >= 4 is 28.7 Å². The lowest BCUT2D eigenvalue weighted by atomic mass is 10.1. The Morgan fingerprint density at radius 3 is 2.90 bits per heavy atom. The standard InChI is InChI=1S/C15H18N2O2S/c1-3-10-6-7-20-14(10)9-17-11-4-5-13(16)12(8-11)15(18)19-2/h4-8,17H,3,9,16H2,1-2H3. The zero-order valence-electron chi connectivity index (χ0n) is 11.6. The van der Waals surface area contributed by atoms with Crippen molar-refractivity contribution < 1.29 is 9.53 Å². The quantitative estimate of drug-likeness (QED) is 0.655. The number of nitrogens with two attached hydrogens (primary N) is 1. The van der Waals surface area contributed by atoms with E-state index in [2.05, 4.69) is 23.7 Å². The number of rotatable bonds is 5. The van der Waals surface area contributed by atoms with Crippen molar-refractivity contribution in [2.75, 3.05) is 18.2 Å². The molecular weight excluding hydrogens is 272 g/mol. The molecule has 2 rings (SSSR count). The third-order valence-electron chi connectivity index (χ3n) is 3.13. The van der Waals surface area contributed by atoms with Gasteiger partial charge in [0.1, 0.15) is 0 Å². The van der Waals surface area contributed by atoms with Gasteiger partial charge in [0, 0.05) is 22.8 Å². The molecule has 0 fully saturated rings. The third-order valence-corrected chi connectivity index (χ3v) is 4.09. The number of esters is 1. The molecule has 0 atom stereocenters. The molecular formula is C15H18N2O2S. The Morgan fingerprint density at radius 2 is 2.20 bits per heavy atom. The van der Waals surface area contributed by atoms with Gasteiger partial charge in [0.15, 0.2) is 0 Å². The summed E-state index contributed by atoms with van der Waals surface area (Å²) in [5, 5.41) is 5.41. The predicted molar refractivity (Wildman–Crippen MR) is 83.2 cm³/mol. The summed E-state index contributed by atoms with van der Waals surface area (Å²) in [6.45, 7) is 2.88. The Kier molecular flexibility index (Phi) is 4.63. The maximum absolute atomic E-state index is 11.6. The molecule has 0 radical (unpaired) electrons. The zero-order valence-corrected chi connectivity index (χ0v) is 12.4. The van der Waals surface area contributed by atoms with Crippen LogP contribution < -0.4 is 11.1 Å². The maximum Gasteiger partial charge on any atom is 0.340 e.